The average molecular weight is 285 g/mol. The molecule has 0 unspecified atom stereocenters. The molecule has 1 aromatic rings. The second kappa shape index (κ2) is 5.56. The molecule has 3 nitrogen and oxygen atoms in total. The van der Waals surface area contributed by atoms with Crippen molar-refractivity contribution in [3.05, 3.63) is 35.9 Å². The van der Waals surface area contributed by atoms with E-state index in [9.17, 15) is 18.0 Å². The lowest BCUT2D eigenvalue weighted by Crippen LogP contribution is -2.39. The van der Waals surface area contributed by atoms with E-state index in [1.54, 1.807) is 0 Å². The molecule has 108 valence electrons. The maximum atomic E-state index is 12.3. The first-order valence-electron chi connectivity index (χ1n) is 6.22. The van der Waals surface area contributed by atoms with Crippen molar-refractivity contribution in [2.45, 2.75) is 31.7 Å². The third-order valence-electron chi connectivity index (χ3n) is 3.15. The molecule has 0 bridgehead atoms. The number of ether oxygens (including phenoxy) is 1. The number of halogens is 3. The van der Waals surface area contributed by atoms with Crippen LogP contribution in [0, 0.1) is 0 Å². The van der Waals surface area contributed by atoms with Gasteiger partial charge in [0.05, 0.1) is 5.56 Å². The summed E-state index contributed by atoms with van der Waals surface area (Å²) in [5, 5.41) is 2.69. The van der Waals surface area contributed by atoms with Crippen LogP contribution in [0.4, 0.5) is 13.2 Å². The van der Waals surface area contributed by atoms with E-state index < -0.39 is 18.0 Å². The predicted octanol–water partition coefficient (Wildman–Crippen LogP) is 3.51. The molecule has 1 fully saturated rings. The lowest BCUT2D eigenvalue weighted by atomic mass is 9.93. The van der Waals surface area contributed by atoms with Gasteiger partial charge in [0.15, 0.2) is 0 Å². The highest BCUT2D eigenvalue weighted by Crippen LogP contribution is 2.28. The second-order valence-corrected chi connectivity index (χ2v) is 4.61. The number of carbonyl (C=O) groups excluding carboxylic acids is 1. The van der Waals surface area contributed by atoms with Crippen molar-refractivity contribution in [2.24, 2.45) is 0 Å². The topological polar surface area (TPSA) is 38.3 Å². The molecule has 20 heavy (non-hydrogen) atoms. The minimum absolute atomic E-state index is 0.0358. The van der Waals surface area contributed by atoms with Crippen LogP contribution in [0.1, 0.15) is 35.2 Å². The van der Waals surface area contributed by atoms with Crippen molar-refractivity contribution in [3.8, 4) is 5.75 Å². The lowest BCUT2D eigenvalue weighted by Gasteiger charge is -2.26. The van der Waals surface area contributed by atoms with Crippen molar-refractivity contribution < 1.29 is 22.7 Å². The van der Waals surface area contributed by atoms with Gasteiger partial charge in [-0.15, -0.1) is 13.2 Å². The Labute approximate surface area is 114 Å². The van der Waals surface area contributed by atoms with Crippen LogP contribution in [0.25, 0.3) is 6.08 Å². The van der Waals surface area contributed by atoms with Gasteiger partial charge in [-0.1, -0.05) is 18.7 Å². The first-order valence-corrected chi connectivity index (χ1v) is 6.22. The van der Waals surface area contributed by atoms with Crippen molar-refractivity contribution in [1.29, 1.82) is 0 Å². The van der Waals surface area contributed by atoms with E-state index in [2.05, 4.69) is 16.6 Å². The van der Waals surface area contributed by atoms with Gasteiger partial charge in [0, 0.05) is 6.04 Å². The number of rotatable bonds is 4. The molecule has 0 aromatic heterocycles. The number of amides is 1. The Kier molecular flexibility index (Phi) is 4.01. The van der Waals surface area contributed by atoms with E-state index in [-0.39, 0.29) is 11.6 Å². The van der Waals surface area contributed by atoms with Gasteiger partial charge in [0.25, 0.3) is 5.91 Å². The molecule has 0 saturated heterocycles. The summed E-state index contributed by atoms with van der Waals surface area (Å²) in [5.74, 6) is -1.06. The molecule has 1 amide bonds. The molecule has 0 heterocycles. The van der Waals surface area contributed by atoms with E-state index in [4.69, 9.17) is 0 Å². The van der Waals surface area contributed by atoms with Gasteiger partial charge in [0.2, 0.25) is 0 Å². The summed E-state index contributed by atoms with van der Waals surface area (Å²) in [6, 6.07) is 3.91. The fourth-order valence-electron chi connectivity index (χ4n) is 1.88. The minimum atomic E-state index is -4.83. The van der Waals surface area contributed by atoms with Crippen LogP contribution in [0.3, 0.4) is 0 Å². The predicted molar refractivity (Wildman–Crippen MR) is 68.3 cm³/mol. The summed E-state index contributed by atoms with van der Waals surface area (Å²) in [6.07, 6.45) is -0.660. The summed E-state index contributed by atoms with van der Waals surface area (Å²) in [6.45, 7) is 3.53. The summed E-state index contributed by atoms with van der Waals surface area (Å²) >= 11 is 0. The number of alkyl halides is 3. The molecule has 0 spiro atoms. The zero-order chi connectivity index (χ0) is 14.8. The first kappa shape index (κ1) is 14.4. The number of nitrogens with one attached hydrogen (secondary N) is 1. The molecule has 0 atom stereocenters. The summed E-state index contributed by atoms with van der Waals surface area (Å²) in [4.78, 5) is 12.0. The van der Waals surface area contributed by atoms with Crippen LogP contribution in [-0.4, -0.2) is 18.3 Å². The van der Waals surface area contributed by atoms with E-state index in [0.29, 0.717) is 5.56 Å². The van der Waals surface area contributed by atoms with Gasteiger partial charge < -0.3 is 10.1 Å². The Morgan fingerprint density at radius 2 is 2.10 bits per heavy atom. The largest absolute Gasteiger partial charge is 0.573 e. The molecule has 1 saturated carbocycles. The lowest BCUT2D eigenvalue weighted by molar-refractivity contribution is -0.274. The molecular weight excluding hydrogens is 271 g/mol. The smallest absolute Gasteiger partial charge is 0.405 e. The summed E-state index contributed by atoms with van der Waals surface area (Å²) in [7, 11) is 0. The maximum absolute atomic E-state index is 12.3. The summed E-state index contributed by atoms with van der Waals surface area (Å²) < 4.78 is 40.9. The number of carbonyl (C=O) groups is 1. The van der Waals surface area contributed by atoms with Crippen LogP contribution >= 0.6 is 0 Å². The molecule has 1 aromatic carbocycles. The molecule has 6 heteroatoms. The van der Waals surface area contributed by atoms with Crippen LogP contribution in [-0.2, 0) is 0 Å². The third-order valence-corrected chi connectivity index (χ3v) is 3.15. The minimum Gasteiger partial charge on any atom is -0.405 e. The quantitative estimate of drug-likeness (QED) is 0.919. The van der Waals surface area contributed by atoms with Crippen molar-refractivity contribution in [1.82, 2.24) is 5.32 Å². The van der Waals surface area contributed by atoms with Crippen molar-refractivity contribution >= 4 is 12.0 Å². The monoisotopic (exact) mass is 285 g/mol. The fourth-order valence-corrected chi connectivity index (χ4v) is 1.88. The standard InChI is InChI=1S/C14H14F3NO2/c1-2-9-6-7-12(20-14(15,16)17)11(8-9)13(19)18-10-4-3-5-10/h2,6-8,10H,1,3-5H2,(H,18,19). The van der Waals surface area contributed by atoms with Gasteiger partial charge in [-0.25, -0.2) is 0 Å². The molecule has 0 aliphatic heterocycles. The third kappa shape index (κ3) is 3.53. The highest BCUT2D eigenvalue weighted by atomic mass is 19.4. The number of hydrogen-bond acceptors (Lipinski definition) is 2. The van der Waals surface area contributed by atoms with Gasteiger partial charge in [-0.05, 0) is 37.0 Å². The SMILES string of the molecule is C=Cc1ccc(OC(F)(F)F)c(C(=O)NC2CCC2)c1. The van der Waals surface area contributed by atoms with Gasteiger partial charge >= 0.3 is 6.36 Å². The number of benzene rings is 1. The zero-order valence-electron chi connectivity index (χ0n) is 10.7. The van der Waals surface area contributed by atoms with E-state index in [1.165, 1.54) is 18.2 Å². The van der Waals surface area contributed by atoms with Gasteiger partial charge in [-0.3, -0.25) is 4.79 Å². The second-order valence-electron chi connectivity index (χ2n) is 4.61. The van der Waals surface area contributed by atoms with Crippen LogP contribution < -0.4 is 10.1 Å². The molecule has 1 aliphatic carbocycles. The van der Waals surface area contributed by atoms with E-state index in [1.807, 2.05) is 0 Å². The van der Waals surface area contributed by atoms with E-state index >= 15 is 0 Å². The van der Waals surface area contributed by atoms with Crippen LogP contribution in [0.2, 0.25) is 0 Å². The highest BCUT2D eigenvalue weighted by molar-refractivity contribution is 5.97. The molecule has 1 aliphatic rings. The Morgan fingerprint density at radius 3 is 2.60 bits per heavy atom. The normalized spacial score (nSPS) is 15.3. The van der Waals surface area contributed by atoms with Crippen LogP contribution in [0.5, 0.6) is 5.75 Å². The van der Waals surface area contributed by atoms with Gasteiger partial charge in [-0.2, -0.15) is 0 Å². The zero-order valence-corrected chi connectivity index (χ0v) is 10.7. The Morgan fingerprint density at radius 1 is 1.40 bits per heavy atom. The van der Waals surface area contributed by atoms with Crippen LogP contribution in [0.15, 0.2) is 24.8 Å². The number of hydrogen-bond donors (Lipinski definition) is 1. The van der Waals surface area contributed by atoms with E-state index in [0.717, 1.165) is 25.3 Å². The Balaban J connectivity index is 2.25. The Hall–Kier alpha value is -1.98. The maximum Gasteiger partial charge on any atom is 0.573 e. The van der Waals surface area contributed by atoms with Gasteiger partial charge in [0.1, 0.15) is 5.75 Å². The van der Waals surface area contributed by atoms with Crippen molar-refractivity contribution in [2.75, 3.05) is 0 Å². The fraction of sp³-hybridized carbons (Fsp3) is 0.357. The molecule has 0 radical (unpaired) electrons. The Bertz CT molecular complexity index is 522. The first-order chi connectivity index (χ1) is 9.39. The molecular formula is C14H14F3NO2. The average Bonchev–Trinajstić information content (AvgIpc) is 2.32. The highest BCUT2D eigenvalue weighted by Gasteiger charge is 2.33. The van der Waals surface area contributed by atoms with Crippen molar-refractivity contribution in [3.63, 3.8) is 0 Å². The molecule has 2 rings (SSSR count). The summed E-state index contributed by atoms with van der Waals surface area (Å²) in [5.41, 5.74) is 0.421. The molecule has 1 N–H and O–H groups in total.